The van der Waals surface area contributed by atoms with Crippen LogP contribution >= 0.6 is 0 Å². The molecule has 2 rings (SSSR count). The molecule has 0 saturated carbocycles. The van der Waals surface area contributed by atoms with Crippen molar-refractivity contribution in [3.05, 3.63) is 29.8 Å². The number of nitrogens with zero attached hydrogens (tertiary/aromatic N) is 1. The van der Waals surface area contributed by atoms with E-state index in [1.165, 1.54) is 5.56 Å². The van der Waals surface area contributed by atoms with Crippen LogP contribution in [0.1, 0.15) is 32.4 Å². The molecular weight excluding hydrogens is 224 g/mol. The smallest absolute Gasteiger partial charge is 0.124 e. The standard InChI is InChI=1S/C15H24N2O/c1-4-18-15-8-6-5-7-14(15)13(3)17-10-9-16-12(2)11-17/h5-8,12-13,16H,4,9-11H2,1-3H3. The fraction of sp³-hybridized carbons (Fsp3) is 0.600. The van der Waals surface area contributed by atoms with E-state index in [0.717, 1.165) is 32.0 Å². The van der Waals surface area contributed by atoms with Crippen molar-refractivity contribution in [1.82, 2.24) is 10.2 Å². The highest BCUT2D eigenvalue weighted by molar-refractivity contribution is 5.35. The Morgan fingerprint density at radius 3 is 2.94 bits per heavy atom. The number of hydrogen-bond acceptors (Lipinski definition) is 3. The first-order valence-electron chi connectivity index (χ1n) is 6.91. The van der Waals surface area contributed by atoms with Gasteiger partial charge in [0.2, 0.25) is 0 Å². The zero-order valence-electron chi connectivity index (χ0n) is 11.6. The van der Waals surface area contributed by atoms with Crippen LogP contribution in [0.3, 0.4) is 0 Å². The molecule has 1 aromatic rings. The predicted molar refractivity (Wildman–Crippen MR) is 75.1 cm³/mol. The van der Waals surface area contributed by atoms with Gasteiger partial charge in [-0.15, -0.1) is 0 Å². The molecule has 1 aromatic carbocycles. The van der Waals surface area contributed by atoms with Gasteiger partial charge in [0.1, 0.15) is 5.75 Å². The lowest BCUT2D eigenvalue weighted by atomic mass is 10.0. The molecule has 0 spiro atoms. The predicted octanol–water partition coefficient (Wildman–Crippen LogP) is 2.44. The third kappa shape index (κ3) is 3.03. The Labute approximate surface area is 110 Å². The maximum Gasteiger partial charge on any atom is 0.124 e. The van der Waals surface area contributed by atoms with Crippen molar-refractivity contribution in [3.8, 4) is 5.75 Å². The van der Waals surface area contributed by atoms with E-state index < -0.39 is 0 Å². The van der Waals surface area contributed by atoms with E-state index in [-0.39, 0.29) is 0 Å². The molecular formula is C15H24N2O. The summed E-state index contributed by atoms with van der Waals surface area (Å²) in [6, 6.07) is 9.38. The van der Waals surface area contributed by atoms with Crippen LogP contribution in [0.15, 0.2) is 24.3 Å². The zero-order valence-corrected chi connectivity index (χ0v) is 11.6. The van der Waals surface area contributed by atoms with E-state index >= 15 is 0 Å². The molecule has 1 aliphatic heterocycles. The van der Waals surface area contributed by atoms with Crippen molar-refractivity contribution in [2.45, 2.75) is 32.9 Å². The molecule has 2 atom stereocenters. The van der Waals surface area contributed by atoms with E-state index in [4.69, 9.17) is 4.74 Å². The Morgan fingerprint density at radius 2 is 2.22 bits per heavy atom. The Bertz CT molecular complexity index is 381. The molecule has 0 bridgehead atoms. The van der Waals surface area contributed by atoms with Crippen LogP contribution in [0.5, 0.6) is 5.75 Å². The fourth-order valence-corrected chi connectivity index (χ4v) is 2.62. The Hall–Kier alpha value is -1.06. The lowest BCUT2D eigenvalue weighted by molar-refractivity contribution is 0.155. The number of hydrogen-bond donors (Lipinski definition) is 1. The number of benzene rings is 1. The van der Waals surface area contributed by atoms with Gasteiger partial charge in [0.05, 0.1) is 6.61 Å². The van der Waals surface area contributed by atoms with Gasteiger partial charge in [0.25, 0.3) is 0 Å². The fourth-order valence-electron chi connectivity index (χ4n) is 2.62. The minimum Gasteiger partial charge on any atom is -0.494 e. The number of rotatable bonds is 4. The van der Waals surface area contributed by atoms with E-state index in [0.29, 0.717) is 12.1 Å². The lowest BCUT2D eigenvalue weighted by Crippen LogP contribution is -2.49. The monoisotopic (exact) mass is 248 g/mol. The molecule has 0 amide bonds. The van der Waals surface area contributed by atoms with Gasteiger partial charge in [0, 0.05) is 37.3 Å². The second-order valence-corrected chi connectivity index (χ2v) is 5.00. The van der Waals surface area contributed by atoms with Crippen molar-refractivity contribution < 1.29 is 4.74 Å². The molecule has 1 aliphatic rings. The average molecular weight is 248 g/mol. The largest absolute Gasteiger partial charge is 0.494 e. The molecule has 0 aromatic heterocycles. The average Bonchev–Trinajstić information content (AvgIpc) is 2.39. The van der Waals surface area contributed by atoms with Crippen LogP contribution in [0.2, 0.25) is 0 Å². The SMILES string of the molecule is CCOc1ccccc1C(C)N1CCNC(C)C1. The summed E-state index contributed by atoms with van der Waals surface area (Å²) in [5.41, 5.74) is 1.30. The summed E-state index contributed by atoms with van der Waals surface area (Å²) in [5, 5.41) is 3.49. The van der Waals surface area contributed by atoms with Crippen molar-refractivity contribution in [3.63, 3.8) is 0 Å². The topological polar surface area (TPSA) is 24.5 Å². The highest BCUT2D eigenvalue weighted by Gasteiger charge is 2.23. The van der Waals surface area contributed by atoms with E-state index in [2.05, 4.69) is 42.3 Å². The van der Waals surface area contributed by atoms with Gasteiger partial charge in [-0.05, 0) is 26.8 Å². The van der Waals surface area contributed by atoms with Crippen molar-refractivity contribution in [1.29, 1.82) is 0 Å². The van der Waals surface area contributed by atoms with Crippen molar-refractivity contribution in [2.75, 3.05) is 26.2 Å². The summed E-state index contributed by atoms with van der Waals surface area (Å²) in [6.45, 7) is 10.6. The second-order valence-electron chi connectivity index (χ2n) is 5.00. The molecule has 2 unspecified atom stereocenters. The number of nitrogens with one attached hydrogen (secondary N) is 1. The Kier molecular flexibility index (Phi) is 4.61. The molecule has 100 valence electrons. The minimum atomic E-state index is 0.414. The van der Waals surface area contributed by atoms with Gasteiger partial charge in [-0.2, -0.15) is 0 Å². The van der Waals surface area contributed by atoms with Crippen LogP contribution in [-0.4, -0.2) is 37.2 Å². The highest BCUT2D eigenvalue weighted by atomic mass is 16.5. The van der Waals surface area contributed by atoms with Crippen LogP contribution < -0.4 is 10.1 Å². The van der Waals surface area contributed by atoms with Gasteiger partial charge in [-0.3, -0.25) is 4.90 Å². The van der Waals surface area contributed by atoms with Crippen LogP contribution in [-0.2, 0) is 0 Å². The number of para-hydroxylation sites is 1. The Morgan fingerprint density at radius 1 is 1.44 bits per heavy atom. The summed E-state index contributed by atoms with van der Waals surface area (Å²) in [5.74, 6) is 1.03. The summed E-state index contributed by atoms with van der Waals surface area (Å²) in [6.07, 6.45) is 0. The maximum absolute atomic E-state index is 5.73. The second kappa shape index (κ2) is 6.21. The molecule has 1 N–H and O–H groups in total. The van der Waals surface area contributed by atoms with Gasteiger partial charge in [-0.1, -0.05) is 18.2 Å². The van der Waals surface area contributed by atoms with Crippen molar-refractivity contribution >= 4 is 0 Å². The van der Waals surface area contributed by atoms with Gasteiger partial charge in [-0.25, -0.2) is 0 Å². The first kappa shape index (κ1) is 13.4. The molecule has 3 heteroatoms. The van der Waals surface area contributed by atoms with Crippen LogP contribution in [0.25, 0.3) is 0 Å². The van der Waals surface area contributed by atoms with Gasteiger partial charge in [0.15, 0.2) is 0 Å². The van der Waals surface area contributed by atoms with Crippen molar-refractivity contribution in [2.24, 2.45) is 0 Å². The summed E-state index contributed by atoms with van der Waals surface area (Å²) < 4.78 is 5.73. The maximum atomic E-state index is 5.73. The molecule has 1 heterocycles. The first-order chi connectivity index (χ1) is 8.72. The van der Waals surface area contributed by atoms with E-state index in [9.17, 15) is 0 Å². The van der Waals surface area contributed by atoms with E-state index in [1.54, 1.807) is 0 Å². The van der Waals surface area contributed by atoms with Gasteiger partial charge >= 0.3 is 0 Å². The van der Waals surface area contributed by atoms with Crippen LogP contribution in [0, 0.1) is 0 Å². The third-order valence-corrected chi connectivity index (χ3v) is 3.62. The Balaban J connectivity index is 2.14. The summed E-state index contributed by atoms with van der Waals surface area (Å²) in [7, 11) is 0. The molecule has 0 aliphatic carbocycles. The molecule has 1 saturated heterocycles. The van der Waals surface area contributed by atoms with Gasteiger partial charge < -0.3 is 10.1 Å². The number of piperazine rings is 1. The molecule has 3 nitrogen and oxygen atoms in total. The summed E-state index contributed by atoms with van der Waals surface area (Å²) >= 11 is 0. The quantitative estimate of drug-likeness (QED) is 0.885. The van der Waals surface area contributed by atoms with E-state index in [1.807, 2.05) is 13.0 Å². The number of ether oxygens (including phenoxy) is 1. The first-order valence-corrected chi connectivity index (χ1v) is 6.91. The lowest BCUT2D eigenvalue weighted by Gasteiger charge is -2.36. The van der Waals surface area contributed by atoms with Crippen LogP contribution in [0.4, 0.5) is 0 Å². The highest BCUT2D eigenvalue weighted by Crippen LogP contribution is 2.29. The minimum absolute atomic E-state index is 0.414. The summed E-state index contributed by atoms with van der Waals surface area (Å²) in [4.78, 5) is 2.53. The molecule has 1 fully saturated rings. The third-order valence-electron chi connectivity index (χ3n) is 3.62. The molecule has 18 heavy (non-hydrogen) atoms. The zero-order chi connectivity index (χ0) is 13.0. The normalized spacial score (nSPS) is 22.7. The molecule has 0 radical (unpaired) electrons.